The van der Waals surface area contributed by atoms with Gasteiger partial charge in [-0.1, -0.05) is 23.2 Å². The Bertz CT molecular complexity index is 503. The van der Waals surface area contributed by atoms with Crippen LogP contribution in [0.15, 0.2) is 12.1 Å². The standard InChI is InChI=1S/C11H10Cl2N2O/c1-11-3-2-9(16)15(11)8-5-6(12)4-7(13)10(8)14-11/h4-5,14H,2-3H2,1H3. The largest absolute Gasteiger partial charge is 0.360 e. The van der Waals surface area contributed by atoms with E-state index in [0.717, 1.165) is 17.8 Å². The monoisotopic (exact) mass is 256 g/mol. The summed E-state index contributed by atoms with van der Waals surface area (Å²) in [6.45, 7) is 2.00. The molecule has 1 N–H and O–H groups in total. The molecule has 1 unspecified atom stereocenters. The Kier molecular flexibility index (Phi) is 1.95. The van der Waals surface area contributed by atoms with Crippen molar-refractivity contribution in [3.63, 3.8) is 0 Å². The van der Waals surface area contributed by atoms with Gasteiger partial charge in [0.25, 0.3) is 0 Å². The maximum atomic E-state index is 11.8. The van der Waals surface area contributed by atoms with E-state index in [4.69, 9.17) is 23.2 Å². The summed E-state index contributed by atoms with van der Waals surface area (Å²) >= 11 is 12.1. The molecular weight excluding hydrogens is 247 g/mol. The number of hydrogen-bond donors (Lipinski definition) is 1. The fraction of sp³-hybridized carbons (Fsp3) is 0.364. The van der Waals surface area contributed by atoms with Crippen molar-refractivity contribution in [3.05, 3.63) is 22.2 Å². The lowest BCUT2D eigenvalue weighted by atomic mass is 10.1. The minimum absolute atomic E-state index is 0.118. The van der Waals surface area contributed by atoms with Crippen LogP contribution in [0.4, 0.5) is 11.4 Å². The minimum Gasteiger partial charge on any atom is -0.360 e. The number of hydrogen-bond acceptors (Lipinski definition) is 2. The van der Waals surface area contributed by atoms with Crippen LogP contribution >= 0.6 is 23.2 Å². The Balaban J connectivity index is 2.22. The zero-order valence-corrected chi connectivity index (χ0v) is 10.2. The van der Waals surface area contributed by atoms with Gasteiger partial charge in [-0.25, -0.2) is 0 Å². The first kappa shape index (κ1) is 10.2. The Labute approximate surface area is 103 Å². The highest BCUT2D eigenvalue weighted by molar-refractivity contribution is 6.38. The normalized spacial score (nSPS) is 26.7. The molecule has 1 atom stereocenters. The number of benzene rings is 1. The van der Waals surface area contributed by atoms with E-state index >= 15 is 0 Å². The summed E-state index contributed by atoms with van der Waals surface area (Å²) in [4.78, 5) is 13.6. The molecule has 1 fully saturated rings. The van der Waals surface area contributed by atoms with Gasteiger partial charge in [-0.15, -0.1) is 0 Å². The Hall–Kier alpha value is -0.930. The van der Waals surface area contributed by atoms with Crippen molar-refractivity contribution >= 4 is 40.5 Å². The zero-order valence-electron chi connectivity index (χ0n) is 8.68. The lowest BCUT2D eigenvalue weighted by molar-refractivity contribution is -0.117. The fourth-order valence-corrected chi connectivity index (χ4v) is 3.03. The van der Waals surface area contributed by atoms with Gasteiger partial charge in [0.15, 0.2) is 0 Å². The summed E-state index contributed by atoms with van der Waals surface area (Å²) in [5, 5.41) is 4.42. The fourth-order valence-electron chi connectivity index (χ4n) is 2.50. The molecule has 1 aromatic carbocycles. The van der Waals surface area contributed by atoms with E-state index in [9.17, 15) is 4.79 Å². The Morgan fingerprint density at radius 2 is 2.19 bits per heavy atom. The molecule has 5 heteroatoms. The molecule has 16 heavy (non-hydrogen) atoms. The van der Waals surface area contributed by atoms with Gasteiger partial charge >= 0.3 is 0 Å². The first-order valence-corrected chi connectivity index (χ1v) is 5.87. The van der Waals surface area contributed by atoms with Gasteiger partial charge in [-0.05, 0) is 25.5 Å². The molecule has 84 valence electrons. The summed E-state index contributed by atoms with van der Waals surface area (Å²) in [5.74, 6) is 0.118. The molecule has 3 nitrogen and oxygen atoms in total. The number of halogens is 2. The van der Waals surface area contributed by atoms with Crippen molar-refractivity contribution in [1.29, 1.82) is 0 Å². The number of anilines is 2. The molecule has 2 aliphatic heterocycles. The van der Waals surface area contributed by atoms with E-state index in [-0.39, 0.29) is 11.6 Å². The smallest absolute Gasteiger partial charge is 0.229 e. The topological polar surface area (TPSA) is 32.3 Å². The third-order valence-corrected chi connectivity index (χ3v) is 3.75. The van der Waals surface area contributed by atoms with Crippen molar-refractivity contribution in [3.8, 4) is 0 Å². The van der Waals surface area contributed by atoms with Crippen LogP contribution in [0.5, 0.6) is 0 Å². The van der Waals surface area contributed by atoms with E-state index in [1.165, 1.54) is 0 Å². The number of nitrogens with one attached hydrogen (secondary N) is 1. The van der Waals surface area contributed by atoms with E-state index in [0.29, 0.717) is 16.5 Å². The van der Waals surface area contributed by atoms with E-state index in [2.05, 4.69) is 5.32 Å². The van der Waals surface area contributed by atoms with Crippen molar-refractivity contribution in [2.24, 2.45) is 0 Å². The molecule has 3 rings (SSSR count). The molecule has 1 amide bonds. The van der Waals surface area contributed by atoms with Crippen LogP contribution in [0.2, 0.25) is 10.0 Å². The van der Waals surface area contributed by atoms with Crippen LogP contribution in [0.1, 0.15) is 19.8 Å². The molecule has 0 aliphatic carbocycles. The van der Waals surface area contributed by atoms with Crippen molar-refractivity contribution in [2.75, 3.05) is 10.2 Å². The van der Waals surface area contributed by atoms with Gasteiger partial charge in [0.05, 0.1) is 16.4 Å². The van der Waals surface area contributed by atoms with Crippen LogP contribution < -0.4 is 10.2 Å². The first-order chi connectivity index (χ1) is 7.51. The lowest BCUT2D eigenvalue weighted by Gasteiger charge is -2.27. The molecule has 2 heterocycles. The number of amides is 1. The van der Waals surface area contributed by atoms with E-state index < -0.39 is 0 Å². The number of carbonyl (C=O) groups excluding carboxylic acids is 1. The van der Waals surface area contributed by atoms with Crippen LogP contribution in [0, 0.1) is 0 Å². The second-order valence-corrected chi connectivity index (χ2v) is 5.25. The van der Waals surface area contributed by atoms with Gasteiger partial charge in [-0.2, -0.15) is 0 Å². The molecule has 1 saturated heterocycles. The second-order valence-electron chi connectivity index (χ2n) is 4.41. The number of carbonyl (C=O) groups is 1. The second kappa shape index (κ2) is 3.05. The Morgan fingerprint density at radius 3 is 2.94 bits per heavy atom. The van der Waals surface area contributed by atoms with Crippen molar-refractivity contribution in [1.82, 2.24) is 0 Å². The van der Waals surface area contributed by atoms with Crippen molar-refractivity contribution in [2.45, 2.75) is 25.4 Å². The number of fused-ring (bicyclic) bond motifs is 3. The van der Waals surface area contributed by atoms with E-state index in [1.54, 1.807) is 17.0 Å². The third kappa shape index (κ3) is 1.19. The maximum Gasteiger partial charge on any atom is 0.229 e. The molecule has 0 radical (unpaired) electrons. The van der Waals surface area contributed by atoms with Gasteiger partial charge < -0.3 is 5.32 Å². The summed E-state index contributed by atoms with van der Waals surface area (Å²) in [6.07, 6.45) is 1.35. The molecule has 0 saturated carbocycles. The summed E-state index contributed by atoms with van der Waals surface area (Å²) in [6, 6.07) is 3.47. The quantitative estimate of drug-likeness (QED) is 0.773. The summed E-state index contributed by atoms with van der Waals surface area (Å²) in [7, 11) is 0. The average Bonchev–Trinajstić information content (AvgIpc) is 2.63. The SMILES string of the molecule is CC12CCC(=O)N1c1cc(Cl)cc(Cl)c1N2. The highest BCUT2D eigenvalue weighted by Crippen LogP contribution is 2.49. The molecule has 0 aromatic heterocycles. The molecule has 0 spiro atoms. The van der Waals surface area contributed by atoms with Gasteiger partial charge in [0, 0.05) is 11.4 Å². The Morgan fingerprint density at radius 1 is 1.44 bits per heavy atom. The van der Waals surface area contributed by atoms with E-state index in [1.807, 2.05) is 6.92 Å². The third-order valence-electron chi connectivity index (χ3n) is 3.24. The average molecular weight is 257 g/mol. The lowest BCUT2D eigenvalue weighted by Crippen LogP contribution is -2.44. The number of nitrogens with zero attached hydrogens (tertiary/aromatic N) is 1. The maximum absolute atomic E-state index is 11.8. The zero-order chi connectivity index (χ0) is 11.5. The molecular formula is C11H10Cl2N2O. The van der Waals surface area contributed by atoms with Gasteiger partial charge in [0.2, 0.25) is 5.91 Å². The molecule has 2 aliphatic rings. The van der Waals surface area contributed by atoms with Crippen LogP contribution in [0.3, 0.4) is 0 Å². The highest BCUT2D eigenvalue weighted by atomic mass is 35.5. The summed E-state index contributed by atoms with van der Waals surface area (Å²) in [5.41, 5.74) is 1.26. The highest BCUT2D eigenvalue weighted by Gasteiger charge is 2.48. The number of rotatable bonds is 0. The minimum atomic E-state index is -0.340. The summed E-state index contributed by atoms with van der Waals surface area (Å²) < 4.78 is 0. The van der Waals surface area contributed by atoms with Crippen molar-refractivity contribution < 1.29 is 4.79 Å². The predicted molar refractivity (Wildman–Crippen MR) is 65.2 cm³/mol. The predicted octanol–water partition coefficient (Wildman–Crippen LogP) is 3.26. The van der Waals surface area contributed by atoms with Crippen LogP contribution in [-0.2, 0) is 4.79 Å². The molecule has 1 aromatic rings. The molecule has 0 bridgehead atoms. The van der Waals surface area contributed by atoms with Gasteiger partial charge in [-0.3, -0.25) is 9.69 Å². The van der Waals surface area contributed by atoms with Gasteiger partial charge in [0.1, 0.15) is 5.66 Å². The first-order valence-electron chi connectivity index (χ1n) is 5.11. The van der Waals surface area contributed by atoms with Crippen LogP contribution in [0.25, 0.3) is 0 Å². The van der Waals surface area contributed by atoms with Crippen LogP contribution in [-0.4, -0.2) is 11.6 Å².